The normalized spacial score (nSPS) is 12.1. The van der Waals surface area contributed by atoms with Crippen LogP contribution in [0.3, 0.4) is 0 Å². The van der Waals surface area contributed by atoms with Crippen molar-refractivity contribution in [2.75, 3.05) is 6.26 Å². The first-order valence-electron chi connectivity index (χ1n) is 4.16. The molecule has 0 radical (unpaired) electrons. The molecule has 0 aliphatic carbocycles. The van der Waals surface area contributed by atoms with Crippen LogP contribution < -0.4 is 0 Å². The summed E-state index contributed by atoms with van der Waals surface area (Å²) in [6, 6.07) is 5.48. The zero-order valence-corrected chi connectivity index (χ0v) is 8.76. The number of sulfone groups is 1. The number of rotatable bonds is 1. The summed E-state index contributed by atoms with van der Waals surface area (Å²) in [7, 11) is -3.20. The Morgan fingerprint density at radius 1 is 1.29 bits per heavy atom. The second kappa shape index (κ2) is 2.85. The Labute approximate surface area is 82.3 Å². The Morgan fingerprint density at radius 3 is 2.64 bits per heavy atom. The van der Waals surface area contributed by atoms with Gasteiger partial charge in [0.15, 0.2) is 9.84 Å². The highest BCUT2D eigenvalue weighted by atomic mass is 32.2. The van der Waals surface area contributed by atoms with Gasteiger partial charge in [0, 0.05) is 11.6 Å². The number of furan rings is 1. The molecule has 0 aliphatic rings. The topological polar surface area (TPSA) is 47.3 Å². The van der Waals surface area contributed by atoms with Crippen molar-refractivity contribution < 1.29 is 12.8 Å². The van der Waals surface area contributed by atoms with Crippen LogP contribution in [0.5, 0.6) is 0 Å². The number of hydrogen-bond donors (Lipinski definition) is 0. The maximum Gasteiger partial charge on any atom is 0.179 e. The molecule has 0 fully saturated rings. The predicted molar refractivity (Wildman–Crippen MR) is 54.1 cm³/mol. The summed E-state index contributed by atoms with van der Waals surface area (Å²) in [5.74, 6) is 0. The number of hydrogen-bond acceptors (Lipinski definition) is 3. The molecular weight excluding hydrogens is 200 g/mol. The first-order chi connectivity index (χ1) is 6.48. The average Bonchev–Trinajstić information content (AvgIpc) is 2.45. The molecule has 1 heterocycles. The van der Waals surface area contributed by atoms with Crippen LogP contribution in [-0.2, 0) is 9.84 Å². The summed E-state index contributed by atoms with van der Waals surface area (Å²) in [5, 5.41) is 0.660. The van der Waals surface area contributed by atoms with Gasteiger partial charge in [-0.05, 0) is 19.1 Å². The third kappa shape index (κ3) is 1.42. The zero-order valence-electron chi connectivity index (χ0n) is 7.94. The molecule has 0 atom stereocenters. The van der Waals surface area contributed by atoms with Gasteiger partial charge in [0.1, 0.15) is 16.7 Å². The van der Waals surface area contributed by atoms with E-state index >= 15 is 0 Å². The molecule has 1 aromatic carbocycles. The van der Waals surface area contributed by atoms with Crippen LogP contribution in [0.2, 0.25) is 0 Å². The van der Waals surface area contributed by atoms with E-state index < -0.39 is 9.84 Å². The van der Waals surface area contributed by atoms with E-state index in [0.717, 1.165) is 5.56 Å². The van der Waals surface area contributed by atoms with Gasteiger partial charge in [-0.1, -0.05) is 11.6 Å². The second-order valence-corrected chi connectivity index (χ2v) is 5.36. The highest BCUT2D eigenvalue weighted by Gasteiger charge is 2.14. The second-order valence-electron chi connectivity index (χ2n) is 3.37. The Hall–Kier alpha value is -1.29. The van der Waals surface area contributed by atoms with Gasteiger partial charge >= 0.3 is 0 Å². The van der Waals surface area contributed by atoms with Crippen molar-refractivity contribution in [2.45, 2.75) is 11.8 Å². The van der Waals surface area contributed by atoms with Crippen molar-refractivity contribution in [3.8, 4) is 0 Å². The highest BCUT2D eigenvalue weighted by Crippen LogP contribution is 2.25. The molecule has 0 unspecified atom stereocenters. The summed E-state index contributed by atoms with van der Waals surface area (Å²) in [6.07, 6.45) is 2.47. The Balaban J connectivity index is 2.87. The summed E-state index contributed by atoms with van der Waals surface area (Å²) in [4.78, 5) is 0.260. The van der Waals surface area contributed by atoms with Gasteiger partial charge in [0.05, 0.1) is 0 Å². The number of benzene rings is 1. The van der Waals surface area contributed by atoms with Crippen molar-refractivity contribution in [1.82, 2.24) is 0 Å². The van der Waals surface area contributed by atoms with E-state index in [9.17, 15) is 8.42 Å². The van der Waals surface area contributed by atoms with E-state index in [-0.39, 0.29) is 4.90 Å². The van der Waals surface area contributed by atoms with Crippen LogP contribution in [0.1, 0.15) is 5.56 Å². The Bertz CT molecular complexity index is 578. The van der Waals surface area contributed by atoms with Crippen molar-refractivity contribution in [2.24, 2.45) is 0 Å². The van der Waals surface area contributed by atoms with Crippen LogP contribution >= 0.6 is 0 Å². The quantitative estimate of drug-likeness (QED) is 0.724. The minimum atomic E-state index is -3.20. The minimum absolute atomic E-state index is 0.260. The van der Waals surface area contributed by atoms with Crippen molar-refractivity contribution in [3.05, 3.63) is 30.0 Å². The van der Waals surface area contributed by atoms with E-state index in [0.29, 0.717) is 11.0 Å². The highest BCUT2D eigenvalue weighted by molar-refractivity contribution is 7.91. The van der Waals surface area contributed by atoms with Gasteiger partial charge in [-0.2, -0.15) is 0 Å². The summed E-state index contributed by atoms with van der Waals surface area (Å²) < 4.78 is 27.9. The number of fused-ring (bicyclic) bond motifs is 1. The fourth-order valence-corrected chi connectivity index (χ4v) is 2.19. The van der Waals surface area contributed by atoms with E-state index in [1.54, 1.807) is 6.07 Å². The van der Waals surface area contributed by atoms with Crippen LogP contribution in [0.25, 0.3) is 11.0 Å². The molecule has 2 aromatic rings. The monoisotopic (exact) mass is 210 g/mol. The first-order valence-corrected chi connectivity index (χ1v) is 6.05. The van der Waals surface area contributed by atoms with Crippen LogP contribution in [0.15, 0.2) is 33.8 Å². The lowest BCUT2D eigenvalue weighted by Crippen LogP contribution is -1.94. The van der Waals surface area contributed by atoms with Gasteiger partial charge in [0.25, 0.3) is 0 Å². The van der Waals surface area contributed by atoms with Crippen LogP contribution in [-0.4, -0.2) is 14.7 Å². The Morgan fingerprint density at radius 2 is 2.00 bits per heavy atom. The maximum absolute atomic E-state index is 11.4. The minimum Gasteiger partial charge on any atom is -0.463 e. The maximum atomic E-state index is 11.4. The molecule has 3 nitrogen and oxygen atoms in total. The van der Waals surface area contributed by atoms with Gasteiger partial charge in [-0.25, -0.2) is 8.42 Å². The molecule has 2 rings (SSSR count). The van der Waals surface area contributed by atoms with Gasteiger partial charge in [-0.15, -0.1) is 0 Å². The summed E-state index contributed by atoms with van der Waals surface area (Å²) in [5.41, 5.74) is 1.62. The molecule has 0 saturated carbocycles. The van der Waals surface area contributed by atoms with Crippen LogP contribution in [0.4, 0.5) is 0 Å². The van der Waals surface area contributed by atoms with Gasteiger partial charge in [-0.3, -0.25) is 0 Å². The lowest BCUT2D eigenvalue weighted by Gasteiger charge is -1.94. The lowest BCUT2D eigenvalue weighted by atomic mass is 10.2. The molecule has 0 bridgehead atoms. The molecule has 14 heavy (non-hydrogen) atoms. The molecular formula is C10H10O3S. The lowest BCUT2D eigenvalue weighted by molar-refractivity contribution is 0.587. The molecule has 0 aliphatic heterocycles. The molecule has 0 saturated heterocycles. The number of aryl methyl sites for hydroxylation is 1. The summed E-state index contributed by atoms with van der Waals surface area (Å²) >= 11 is 0. The van der Waals surface area contributed by atoms with Crippen molar-refractivity contribution >= 4 is 20.8 Å². The van der Waals surface area contributed by atoms with Crippen LogP contribution in [0, 0.1) is 6.92 Å². The van der Waals surface area contributed by atoms with E-state index in [4.69, 9.17) is 4.42 Å². The van der Waals surface area contributed by atoms with Gasteiger partial charge in [0.2, 0.25) is 0 Å². The van der Waals surface area contributed by atoms with Gasteiger partial charge < -0.3 is 4.42 Å². The average molecular weight is 210 g/mol. The third-order valence-electron chi connectivity index (χ3n) is 2.09. The fourth-order valence-electron chi connectivity index (χ4n) is 1.41. The standard InChI is InChI=1S/C10H10O3S/c1-7-3-4-9-8(5-7)10(6-13-9)14(2,11)12/h3-6H,1-2H3. The molecule has 74 valence electrons. The predicted octanol–water partition coefficient (Wildman–Crippen LogP) is 2.14. The van der Waals surface area contributed by atoms with E-state index in [1.165, 1.54) is 12.5 Å². The SMILES string of the molecule is Cc1ccc2occ(S(C)(=O)=O)c2c1. The molecule has 0 N–H and O–H groups in total. The summed E-state index contributed by atoms with van der Waals surface area (Å²) in [6.45, 7) is 1.92. The smallest absolute Gasteiger partial charge is 0.179 e. The largest absolute Gasteiger partial charge is 0.463 e. The molecule has 0 amide bonds. The third-order valence-corrected chi connectivity index (χ3v) is 3.21. The van der Waals surface area contributed by atoms with E-state index in [1.807, 2.05) is 19.1 Å². The molecule has 1 aromatic heterocycles. The van der Waals surface area contributed by atoms with Crippen molar-refractivity contribution in [3.63, 3.8) is 0 Å². The molecule has 4 heteroatoms. The zero-order chi connectivity index (χ0) is 10.3. The van der Waals surface area contributed by atoms with E-state index in [2.05, 4.69) is 0 Å². The first kappa shape index (κ1) is 9.27. The Kier molecular flexibility index (Phi) is 1.89. The molecule has 0 spiro atoms. The van der Waals surface area contributed by atoms with Crippen molar-refractivity contribution in [1.29, 1.82) is 0 Å². The fraction of sp³-hybridized carbons (Fsp3) is 0.200.